The molecule has 1 aromatic carbocycles. The van der Waals surface area contributed by atoms with E-state index in [0.717, 1.165) is 13.0 Å². The fourth-order valence-corrected chi connectivity index (χ4v) is 3.12. The maximum Gasteiger partial charge on any atom is 0.0459 e. The Morgan fingerprint density at radius 3 is 2.94 bits per heavy atom. The number of H-pyrrole nitrogens is 1. The third-order valence-electron chi connectivity index (χ3n) is 4.27. The number of aryl methyl sites for hydroxylation is 2. The van der Waals surface area contributed by atoms with Crippen LogP contribution in [-0.2, 0) is 6.42 Å². The van der Waals surface area contributed by atoms with Crippen molar-refractivity contribution < 1.29 is 0 Å². The molecule has 1 atom stereocenters. The van der Waals surface area contributed by atoms with Crippen LogP contribution in [0.25, 0.3) is 10.9 Å². The van der Waals surface area contributed by atoms with E-state index in [9.17, 15) is 0 Å². The molecule has 2 nitrogen and oxygen atoms in total. The first-order valence-electron chi connectivity index (χ1n) is 7.11. The largest absolute Gasteiger partial charge is 0.358 e. The minimum atomic E-state index is 0.663. The molecule has 1 aliphatic rings. The molecule has 0 aliphatic carbocycles. The molecule has 18 heavy (non-hydrogen) atoms. The molecule has 0 bridgehead atoms. The van der Waals surface area contributed by atoms with Crippen molar-refractivity contribution in [3.05, 3.63) is 35.0 Å². The van der Waals surface area contributed by atoms with Crippen molar-refractivity contribution >= 4 is 10.9 Å². The van der Waals surface area contributed by atoms with Crippen molar-refractivity contribution in [3.8, 4) is 0 Å². The molecule has 96 valence electrons. The lowest BCUT2D eigenvalue weighted by Gasteiger charge is -2.22. The van der Waals surface area contributed by atoms with E-state index in [0.29, 0.717) is 5.92 Å². The van der Waals surface area contributed by atoms with Gasteiger partial charge in [-0.15, -0.1) is 0 Å². The number of aromatic nitrogens is 1. The van der Waals surface area contributed by atoms with E-state index in [2.05, 4.69) is 42.3 Å². The van der Waals surface area contributed by atoms with Gasteiger partial charge in [-0.1, -0.05) is 13.0 Å². The van der Waals surface area contributed by atoms with Gasteiger partial charge in [0.25, 0.3) is 0 Å². The number of piperidine rings is 1. The minimum absolute atomic E-state index is 0.663. The molecule has 0 saturated carbocycles. The van der Waals surface area contributed by atoms with Gasteiger partial charge < -0.3 is 10.3 Å². The molecule has 1 unspecified atom stereocenters. The molecule has 2 N–H and O–H groups in total. The molecule has 0 spiro atoms. The zero-order chi connectivity index (χ0) is 12.5. The van der Waals surface area contributed by atoms with Gasteiger partial charge in [0.1, 0.15) is 0 Å². The Bertz CT molecular complexity index is 547. The first kappa shape index (κ1) is 11.8. The Hall–Kier alpha value is -1.28. The van der Waals surface area contributed by atoms with Crippen molar-refractivity contribution in [2.24, 2.45) is 0 Å². The van der Waals surface area contributed by atoms with Gasteiger partial charge in [-0.3, -0.25) is 0 Å². The highest BCUT2D eigenvalue weighted by Crippen LogP contribution is 2.31. The van der Waals surface area contributed by atoms with Crippen molar-refractivity contribution in [2.75, 3.05) is 13.1 Å². The average molecular weight is 242 g/mol. The molecule has 1 fully saturated rings. The van der Waals surface area contributed by atoms with Crippen LogP contribution in [0.5, 0.6) is 0 Å². The summed E-state index contributed by atoms with van der Waals surface area (Å²) in [4.78, 5) is 3.64. The fraction of sp³-hybridized carbons (Fsp3) is 0.500. The van der Waals surface area contributed by atoms with Gasteiger partial charge in [-0.2, -0.15) is 0 Å². The highest BCUT2D eigenvalue weighted by atomic mass is 14.9. The predicted molar refractivity (Wildman–Crippen MR) is 77.3 cm³/mol. The van der Waals surface area contributed by atoms with E-state index in [4.69, 9.17) is 0 Å². The predicted octanol–water partition coefficient (Wildman–Crippen LogP) is 3.51. The number of rotatable bonds is 2. The zero-order valence-electron chi connectivity index (χ0n) is 11.3. The minimum Gasteiger partial charge on any atom is -0.358 e. The first-order valence-corrected chi connectivity index (χ1v) is 7.11. The summed E-state index contributed by atoms with van der Waals surface area (Å²) in [6.07, 6.45) is 3.71. The van der Waals surface area contributed by atoms with E-state index in [1.165, 1.54) is 47.1 Å². The Kier molecular flexibility index (Phi) is 3.13. The van der Waals surface area contributed by atoms with Crippen LogP contribution >= 0.6 is 0 Å². The smallest absolute Gasteiger partial charge is 0.0459 e. The quantitative estimate of drug-likeness (QED) is 0.828. The van der Waals surface area contributed by atoms with Gasteiger partial charge in [0.05, 0.1) is 0 Å². The molecule has 2 aromatic rings. The summed E-state index contributed by atoms with van der Waals surface area (Å²) in [6.45, 7) is 6.78. The van der Waals surface area contributed by atoms with E-state index >= 15 is 0 Å². The number of aromatic amines is 1. The lowest BCUT2D eigenvalue weighted by atomic mass is 9.93. The highest BCUT2D eigenvalue weighted by molar-refractivity contribution is 5.85. The molecule has 2 heterocycles. The molecule has 2 heteroatoms. The Morgan fingerprint density at radius 2 is 2.22 bits per heavy atom. The molecule has 1 aliphatic heterocycles. The van der Waals surface area contributed by atoms with Gasteiger partial charge in [-0.25, -0.2) is 0 Å². The van der Waals surface area contributed by atoms with Crippen molar-refractivity contribution in [1.82, 2.24) is 10.3 Å². The molecule has 3 rings (SSSR count). The number of hydrogen-bond acceptors (Lipinski definition) is 1. The second-order valence-corrected chi connectivity index (χ2v) is 5.44. The van der Waals surface area contributed by atoms with Crippen LogP contribution in [0.1, 0.15) is 42.5 Å². The molecule has 1 aromatic heterocycles. The van der Waals surface area contributed by atoms with Crippen LogP contribution in [0.15, 0.2) is 18.2 Å². The first-order chi connectivity index (χ1) is 8.79. The Labute approximate surface area is 109 Å². The topological polar surface area (TPSA) is 27.8 Å². The SMILES string of the molecule is CCc1ccc2[nH]c(C3CCCNC3)c(C)c2c1. The van der Waals surface area contributed by atoms with E-state index < -0.39 is 0 Å². The van der Waals surface area contributed by atoms with Crippen LogP contribution in [0.2, 0.25) is 0 Å². The van der Waals surface area contributed by atoms with Gasteiger partial charge in [0, 0.05) is 29.1 Å². The van der Waals surface area contributed by atoms with Gasteiger partial charge >= 0.3 is 0 Å². The standard InChI is InChI=1S/C16H22N2/c1-3-12-6-7-15-14(9-12)11(2)16(18-15)13-5-4-8-17-10-13/h6-7,9,13,17-18H,3-5,8,10H2,1-2H3. The Balaban J connectivity index is 2.04. The summed E-state index contributed by atoms with van der Waals surface area (Å²) in [6, 6.07) is 6.82. The molecular formula is C16H22N2. The van der Waals surface area contributed by atoms with Gasteiger partial charge in [0.15, 0.2) is 0 Å². The molecular weight excluding hydrogens is 220 g/mol. The van der Waals surface area contributed by atoms with Crippen molar-refractivity contribution in [1.29, 1.82) is 0 Å². The summed E-state index contributed by atoms with van der Waals surface area (Å²) >= 11 is 0. The molecule has 0 radical (unpaired) electrons. The van der Waals surface area contributed by atoms with Crippen LogP contribution in [0, 0.1) is 6.92 Å². The monoisotopic (exact) mass is 242 g/mol. The number of benzene rings is 1. The number of hydrogen-bond donors (Lipinski definition) is 2. The van der Waals surface area contributed by atoms with E-state index in [-0.39, 0.29) is 0 Å². The lowest BCUT2D eigenvalue weighted by Crippen LogP contribution is -2.28. The second kappa shape index (κ2) is 4.77. The van der Waals surface area contributed by atoms with Crippen LogP contribution < -0.4 is 5.32 Å². The number of fused-ring (bicyclic) bond motifs is 1. The average Bonchev–Trinajstić information content (AvgIpc) is 2.77. The third kappa shape index (κ3) is 1.95. The zero-order valence-corrected chi connectivity index (χ0v) is 11.3. The van der Waals surface area contributed by atoms with Crippen LogP contribution in [0.3, 0.4) is 0 Å². The summed E-state index contributed by atoms with van der Waals surface area (Å²) in [5, 5.41) is 4.92. The summed E-state index contributed by atoms with van der Waals surface area (Å²) in [7, 11) is 0. The van der Waals surface area contributed by atoms with Crippen LogP contribution in [-0.4, -0.2) is 18.1 Å². The van der Waals surface area contributed by atoms with Crippen molar-refractivity contribution in [3.63, 3.8) is 0 Å². The van der Waals surface area contributed by atoms with E-state index in [1.807, 2.05) is 0 Å². The highest BCUT2D eigenvalue weighted by Gasteiger charge is 2.19. The van der Waals surface area contributed by atoms with Crippen molar-refractivity contribution in [2.45, 2.75) is 39.0 Å². The summed E-state index contributed by atoms with van der Waals surface area (Å²) < 4.78 is 0. The van der Waals surface area contributed by atoms with Gasteiger partial charge in [0.2, 0.25) is 0 Å². The number of nitrogens with one attached hydrogen (secondary N) is 2. The van der Waals surface area contributed by atoms with Crippen LogP contribution in [0.4, 0.5) is 0 Å². The summed E-state index contributed by atoms with van der Waals surface area (Å²) in [5.74, 6) is 0.663. The van der Waals surface area contributed by atoms with Gasteiger partial charge in [-0.05, 0) is 56.0 Å². The molecule has 0 amide bonds. The summed E-state index contributed by atoms with van der Waals surface area (Å²) in [5.41, 5.74) is 5.63. The fourth-order valence-electron chi connectivity index (χ4n) is 3.12. The maximum atomic E-state index is 3.64. The maximum absolute atomic E-state index is 3.64. The third-order valence-corrected chi connectivity index (χ3v) is 4.27. The Morgan fingerprint density at radius 1 is 1.33 bits per heavy atom. The normalized spacial score (nSPS) is 20.4. The van der Waals surface area contributed by atoms with E-state index in [1.54, 1.807) is 0 Å². The molecule has 1 saturated heterocycles. The lowest BCUT2D eigenvalue weighted by molar-refractivity contribution is 0.455. The second-order valence-electron chi connectivity index (χ2n) is 5.44.